The molecule has 0 unspecified atom stereocenters. The van der Waals surface area contributed by atoms with Crippen LogP contribution >= 0.6 is 11.6 Å². The highest BCUT2D eigenvalue weighted by Crippen LogP contribution is 2.33. The molecule has 70 valence electrons. The molecule has 0 aliphatic carbocycles. The number of β-amino-alcohol motifs (C(OH)–C–C–N with tert-alkyl or cyclic N) is 1. The van der Waals surface area contributed by atoms with Gasteiger partial charge in [-0.1, -0.05) is 17.7 Å². The molecule has 0 amide bonds. The standard InChI is InChI=1S/C9H9ClFNO/c10-6-2-1-3-7(11)8(6)9(13)4-12-5-9/h1-3,12-13H,4-5H2. The predicted octanol–water partition coefficient (Wildman–Crippen LogP) is 1.27. The fraction of sp³-hybridized carbons (Fsp3) is 0.333. The molecule has 0 saturated carbocycles. The number of nitrogens with one attached hydrogen (secondary N) is 1. The minimum absolute atomic E-state index is 0.204. The summed E-state index contributed by atoms with van der Waals surface area (Å²) in [6.07, 6.45) is 0. The smallest absolute Gasteiger partial charge is 0.130 e. The minimum atomic E-state index is -1.12. The van der Waals surface area contributed by atoms with E-state index < -0.39 is 11.4 Å². The third-order valence-corrected chi connectivity index (χ3v) is 2.58. The fourth-order valence-electron chi connectivity index (χ4n) is 1.48. The molecule has 1 aliphatic rings. The van der Waals surface area contributed by atoms with Gasteiger partial charge < -0.3 is 10.4 Å². The number of halogens is 2. The van der Waals surface area contributed by atoms with Gasteiger partial charge in [0.25, 0.3) is 0 Å². The van der Waals surface area contributed by atoms with E-state index in [4.69, 9.17) is 11.6 Å². The summed E-state index contributed by atoms with van der Waals surface area (Å²) < 4.78 is 13.3. The second-order valence-electron chi connectivity index (χ2n) is 3.23. The highest BCUT2D eigenvalue weighted by Gasteiger charge is 2.39. The minimum Gasteiger partial charge on any atom is -0.382 e. The quantitative estimate of drug-likeness (QED) is 0.717. The van der Waals surface area contributed by atoms with Crippen molar-refractivity contribution in [3.05, 3.63) is 34.6 Å². The molecule has 1 saturated heterocycles. The van der Waals surface area contributed by atoms with E-state index in [1.54, 1.807) is 6.07 Å². The molecule has 2 nitrogen and oxygen atoms in total. The molecule has 0 atom stereocenters. The van der Waals surface area contributed by atoms with Crippen LogP contribution in [0.5, 0.6) is 0 Å². The van der Waals surface area contributed by atoms with Crippen molar-refractivity contribution in [2.24, 2.45) is 0 Å². The number of rotatable bonds is 1. The van der Waals surface area contributed by atoms with Crippen molar-refractivity contribution in [3.8, 4) is 0 Å². The Morgan fingerprint density at radius 1 is 1.46 bits per heavy atom. The normalized spacial score (nSPS) is 19.6. The van der Waals surface area contributed by atoms with Gasteiger partial charge in [-0.05, 0) is 12.1 Å². The Labute approximate surface area is 80.3 Å². The summed E-state index contributed by atoms with van der Waals surface area (Å²) in [5.41, 5.74) is -0.919. The van der Waals surface area contributed by atoms with Crippen molar-refractivity contribution in [2.45, 2.75) is 5.60 Å². The fourth-order valence-corrected chi connectivity index (χ4v) is 1.82. The van der Waals surface area contributed by atoms with Gasteiger partial charge in [-0.15, -0.1) is 0 Å². The largest absolute Gasteiger partial charge is 0.382 e. The molecule has 0 spiro atoms. The van der Waals surface area contributed by atoms with Gasteiger partial charge in [-0.3, -0.25) is 0 Å². The van der Waals surface area contributed by atoms with Crippen LogP contribution in [0, 0.1) is 5.82 Å². The van der Waals surface area contributed by atoms with E-state index in [1.807, 2.05) is 0 Å². The molecular weight excluding hydrogens is 193 g/mol. The summed E-state index contributed by atoms with van der Waals surface area (Å²) in [6, 6.07) is 4.41. The van der Waals surface area contributed by atoms with Gasteiger partial charge in [-0.25, -0.2) is 4.39 Å². The van der Waals surface area contributed by atoms with E-state index in [0.717, 1.165) is 0 Å². The Morgan fingerprint density at radius 2 is 2.15 bits per heavy atom. The van der Waals surface area contributed by atoms with Crippen LogP contribution < -0.4 is 5.32 Å². The lowest BCUT2D eigenvalue weighted by molar-refractivity contribution is -0.0175. The lowest BCUT2D eigenvalue weighted by Gasteiger charge is -2.38. The van der Waals surface area contributed by atoms with Crippen LogP contribution in [0.25, 0.3) is 0 Å². The first-order chi connectivity index (χ1) is 6.13. The Morgan fingerprint density at radius 3 is 2.62 bits per heavy atom. The van der Waals surface area contributed by atoms with Crippen LogP contribution in [-0.4, -0.2) is 18.2 Å². The summed E-state index contributed by atoms with van der Waals surface area (Å²) in [5.74, 6) is -0.448. The van der Waals surface area contributed by atoms with E-state index in [0.29, 0.717) is 13.1 Å². The van der Waals surface area contributed by atoms with E-state index in [9.17, 15) is 9.50 Å². The van der Waals surface area contributed by atoms with E-state index in [1.165, 1.54) is 12.1 Å². The van der Waals surface area contributed by atoms with E-state index in [2.05, 4.69) is 5.32 Å². The molecule has 2 rings (SSSR count). The molecule has 1 heterocycles. The first-order valence-electron chi connectivity index (χ1n) is 4.01. The Kier molecular flexibility index (Phi) is 2.02. The topological polar surface area (TPSA) is 32.3 Å². The summed E-state index contributed by atoms with van der Waals surface area (Å²) in [5, 5.41) is 13.0. The van der Waals surface area contributed by atoms with Crippen LogP contribution in [0.2, 0.25) is 5.02 Å². The molecule has 1 aromatic carbocycles. The average molecular weight is 202 g/mol. The maximum atomic E-state index is 13.3. The second-order valence-corrected chi connectivity index (χ2v) is 3.64. The maximum absolute atomic E-state index is 13.3. The molecule has 4 heteroatoms. The van der Waals surface area contributed by atoms with Gasteiger partial charge in [0, 0.05) is 23.7 Å². The van der Waals surface area contributed by atoms with Crippen LogP contribution in [0.4, 0.5) is 4.39 Å². The third-order valence-electron chi connectivity index (χ3n) is 2.26. The van der Waals surface area contributed by atoms with Crippen LogP contribution in [0.3, 0.4) is 0 Å². The van der Waals surface area contributed by atoms with Crippen molar-refractivity contribution in [2.75, 3.05) is 13.1 Å². The Hall–Kier alpha value is -0.640. The highest BCUT2D eigenvalue weighted by molar-refractivity contribution is 6.31. The predicted molar refractivity (Wildman–Crippen MR) is 48.2 cm³/mol. The van der Waals surface area contributed by atoms with Gasteiger partial charge >= 0.3 is 0 Å². The molecule has 1 fully saturated rings. The Bertz CT molecular complexity index is 318. The number of aliphatic hydroxyl groups is 1. The monoisotopic (exact) mass is 201 g/mol. The van der Waals surface area contributed by atoms with Crippen molar-refractivity contribution in [3.63, 3.8) is 0 Å². The zero-order chi connectivity index (χ0) is 9.47. The van der Waals surface area contributed by atoms with Crippen molar-refractivity contribution in [1.82, 2.24) is 5.32 Å². The van der Waals surface area contributed by atoms with Crippen LogP contribution in [0.15, 0.2) is 18.2 Å². The Balaban J connectivity index is 2.49. The molecule has 1 aliphatic heterocycles. The first-order valence-corrected chi connectivity index (χ1v) is 4.39. The number of hydrogen-bond acceptors (Lipinski definition) is 2. The zero-order valence-corrected chi connectivity index (χ0v) is 7.61. The average Bonchev–Trinajstić information content (AvgIpc) is 2.01. The lowest BCUT2D eigenvalue weighted by Crippen LogP contribution is -2.57. The van der Waals surface area contributed by atoms with Gasteiger partial charge in [-0.2, -0.15) is 0 Å². The molecule has 2 N–H and O–H groups in total. The van der Waals surface area contributed by atoms with Crippen molar-refractivity contribution in [1.29, 1.82) is 0 Å². The summed E-state index contributed by atoms with van der Waals surface area (Å²) in [6.45, 7) is 0.710. The summed E-state index contributed by atoms with van der Waals surface area (Å²) >= 11 is 5.80. The van der Waals surface area contributed by atoms with E-state index >= 15 is 0 Å². The molecule has 0 radical (unpaired) electrons. The molecule has 1 aromatic rings. The first kappa shape index (κ1) is 8.94. The molecular formula is C9H9ClFNO. The second kappa shape index (κ2) is 2.94. The maximum Gasteiger partial charge on any atom is 0.130 e. The summed E-state index contributed by atoms with van der Waals surface area (Å²) in [7, 11) is 0. The SMILES string of the molecule is OC1(c2c(F)cccc2Cl)CNC1. The van der Waals surface area contributed by atoms with E-state index in [-0.39, 0.29) is 10.6 Å². The van der Waals surface area contributed by atoms with Crippen molar-refractivity contribution < 1.29 is 9.50 Å². The van der Waals surface area contributed by atoms with Gasteiger partial charge in [0.15, 0.2) is 0 Å². The molecule has 0 bridgehead atoms. The number of benzene rings is 1. The van der Waals surface area contributed by atoms with Crippen LogP contribution in [-0.2, 0) is 5.60 Å². The van der Waals surface area contributed by atoms with Gasteiger partial charge in [0.2, 0.25) is 0 Å². The molecule has 13 heavy (non-hydrogen) atoms. The molecule has 0 aromatic heterocycles. The van der Waals surface area contributed by atoms with Crippen LogP contribution in [0.1, 0.15) is 5.56 Å². The zero-order valence-electron chi connectivity index (χ0n) is 6.85. The van der Waals surface area contributed by atoms with Gasteiger partial charge in [0.1, 0.15) is 11.4 Å². The van der Waals surface area contributed by atoms with Gasteiger partial charge in [0.05, 0.1) is 0 Å². The lowest BCUT2D eigenvalue weighted by atomic mass is 9.88. The summed E-state index contributed by atoms with van der Waals surface area (Å²) in [4.78, 5) is 0. The van der Waals surface area contributed by atoms with Crippen molar-refractivity contribution >= 4 is 11.6 Å². The number of hydrogen-bond donors (Lipinski definition) is 2. The third kappa shape index (κ3) is 1.33. The highest BCUT2D eigenvalue weighted by atomic mass is 35.5.